The summed E-state index contributed by atoms with van der Waals surface area (Å²) >= 11 is 0. The van der Waals surface area contributed by atoms with E-state index >= 15 is 0 Å². The van der Waals surface area contributed by atoms with Gasteiger partial charge in [0.15, 0.2) is 0 Å². The highest BCUT2D eigenvalue weighted by molar-refractivity contribution is 7.85. The molecule has 21 heavy (non-hydrogen) atoms. The summed E-state index contributed by atoms with van der Waals surface area (Å²) in [5.74, 6) is 1.49. The number of aromatic nitrogens is 2. The lowest BCUT2D eigenvalue weighted by molar-refractivity contribution is 0.264. The molecule has 1 aromatic heterocycles. The van der Waals surface area contributed by atoms with E-state index in [1.54, 1.807) is 0 Å². The van der Waals surface area contributed by atoms with Crippen molar-refractivity contribution in [1.82, 2.24) is 14.9 Å². The summed E-state index contributed by atoms with van der Waals surface area (Å²) in [4.78, 5) is 12.0. The average molecular weight is 301 g/mol. The van der Waals surface area contributed by atoms with Crippen LogP contribution in [-0.4, -0.2) is 37.9 Å². The number of aryl methyl sites for hydroxylation is 1. The van der Waals surface area contributed by atoms with Crippen molar-refractivity contribution < 1.29 is 4.21 Å². The zero-order valence-electron chi connectivity index (χ0n) is 12.2. The highest BCUT2D eigenvalue weighted by Gasteiger charge is 2.18. The zero-order valence-corrected chi connectivity index (χ0v) is 13.0. The first-order valence-corrected chi connectivity index (χ1v) is 8.51. The van der Waals surface area contributed by atoms with Gasteiger partial charge in [-0.1, -0.05) is 18.2 Å². The Labute approximate surface area is 127 Å². The monoisotopic (exact) mass is 301 g/mol. The minimum Gasteiger partial charge on any atom is -0.296 e. The normalized spacial score (nSPS) is 16.4. The number of nitrogens with zero attached hydrogens (tertiary/aromatic N) is 3. The second kappa shape index (κ2) is 6.45. The summed E-state index contributed by atoms with van der Waals surface area (Å²) in [7, 11) is -0.922. The minimum atomic E-state index is -0.922. The van der Waals surface area contributed by atoms with Crippen molar-refractivity contribution in [3.05, 3.63) is 53.6 Å². The second-order valence-electron chi connectivity index (χ2n) is 5.28. The molecule has 110 valence electrons. The number of benzene rings is 1. The van der Waals surface area contributed by atoms with E-state index in [0.29, 0.717) is 5.75 Å². The molecule has 0 fully saturated rings. The average Bonchev–Trinajstić information content (AvgIpc) is 2.53. The summed E-state index contributed by atoms with van der Waals surface area (Å²) in [6.45, 7) is 4.59. The van der Waals surface area contributed by atoms with E-state index in [2.05, 4.69) is 14.9 Å². The van der Waals surface area contributed by atoms with Crippen LogP contribution in [0.4, 0.5) is 0 Å². The fourth-order valence-electron chi connectivity index (χ4n) is 2.55. The Morgan fingerprint density at radius 3 is 2.90 bits per heavy atom. The predicted octanol–water partition coefficient (Wildman–Crippen LogP) is 1.95. The molecule has 1 aromatic carbocycles. The standard InChI is InChI=1S/C16H19N3OS/c1-13-17-11-14-7-8-19(12-16(14)18-13)9-10-21(20)15-5-3-2-4-6-15/h2-6,11H,7-10,12H2,1H3/t21-/m1/s1. The molecule has 0 bridgehead atoms. The number of hydrogen-bond acceptors (Lipinski definition) is 4. The van der Waals surface area contributed by atoms with E-state index in [1.165, 1.54) is 5.56 Å². The van der Waals surface area contributed by atoms with E-state index in [1.807, 2.05) is 43.5 Å². The Kier molecular flexibility index (Phi) is 4.41. The van der Waals surface area contributed by atoms with Gasteiger partial charge in [-0.3, -0.25) is 9.11 Å². The molecule has 0 N–H and O–H groups in total. The summed E-state index contributed by atoms with van der Waals surface area (Å²) < 4.78 is 12.2. The number of hydrogen-bond donors (Lipinski definition) is 0. The van der Waals surface area contributed by atoms with Gasteiger partial charge in [0, 0.05) is 36.5 Å². The van der Waals surface area contributed by atoms with Gasteiger partial charge in [0.25, 0.3) is 0 Å². The molecule has 0 unspecified atom stereocenters. The number of fused-ring (bicyclic) bond motifs is 1. The van der Waals surface area contributed by atoms with Gasteiger partial charge < -0.3 is 0 Å². The molecule has 1 aliphatic heterocycles. The van der Waals surface area contributed by atoms with Gasteiger partial charge >= 0.3 is 0 Å². The van der Waals surface area contributed by atoms with E-state index in [0.717, 1.165) is 42.5 Å². The Bertz CT molecular complexity index is 645. The first-order chi connectivity index (χ1) is 10.2. The molecular formula is C16H19N3OS. The third-order valence-corrected chi connectivity index (χ3v) is 5.10. The van der Waals surface area contributed by atoms with Gasteiger partial charge in [0.1, 0.15) is 5.82 Å². The molecule has 2 heterocycles. The first-order valence-electron chi connectivity index (χ1n) is 7.19. The lowest BCUT2D eigenvalue weighted by Gasteiger charge is -2.27. The molecule has 0 radical (unpaired) electrons. The Morgan fingerprint density at radius 2 is 2.10 bits per heavy atom. The molecule has 2 aromatic rings. The second-order valence-corrected chi connectivity index (χ2v) is 6.85. The maximum atomic E-state index is 12.2. The van der Waals surface area contributed by atoms with Crippen molar-refractivity contribution in [2.75, 3.05) is 18.8 Å². The third-order valence-electron chi connectivity index (χ3n) is 3.74. The van der Waals surface area contributed by atoms with Crippen LogP contribution < -0.4 is 0 Å². The molecule has 0 amide bonds. The smallest absolute Gasteiger partial charge is 0.125 e. The highest BCUT2D eigenvalue weighted by Crippen LogP contribution is 2.16. The summed E-state index contributed by atoms with van der Waals surface area (Å²) in [6.07, 6.45) is 2.92. The Balaban J connectivity index is 1.59. The molecule has 5 heteroatoms. The molecule has 1 atom stereocenters. The van der Waals surface area contributed by atoms with Crippen LogP contribution in [0.15, 0.2) is 41.4 Å². The highest BCUT2D eigenvalue weighted by atomic mass is 32.2. The van der Waals surface area contributed by atoms with Gasteiger partial charge in [0.05, 0.1) is 16.5 Å². The van der Waals surface area contributed by atoms with Gasteiger partial charge in [0.2, 0.25) is 0 Å². The predicted molar refractivity (Wildman–Crippen MR) is 83.5 cm³/mol. The SMILES string of the molecule is Cc1ncc2c(n1)CN(CC[S@@](=O)c1ccccc1)CC2. The van der Waals surface area contributed by atoms with Crippen LogP contribution in [0.2, 0.25) is 0 Å². The molecule has 0 saturated carbocycles. The quantitative estimate of drug-likeness (QED) is 0.866. The van der Waals surface area contributed by atoms with E-state index in [-0.39, 0.29) is 0 Å². The van der Waals surface area contributed by atoms with Crippen LogP contribution in [0, 0.1) is 6.92 Å². The molecule has 0 saturated heterocycles. The van der Waals surface area contributed by atoms with Gasteiger partial charge in [-0.05, 0) is 31.0 Å². The van der Waals surface area contributed by atoms with E-state index < -0.39 is 10.8 Å². The van der Waals surface area contributed by atoms with E-state index in [9.17, 15) is 4.21 Å². The molecular weight excluding hydrogens is 282 g/mol. The van der Waals surface area contributed by atoms with Crippen LogP contribution in [0.3, 0.4) is 0 Å². The summed E-state index contributed by atoms with van der Waals surface area (Å²) in [5.41, 5.74) is 2.38. The van der Waals surface area contributed by atoms with Gasteiger partial charge in [-0.2, -0.15) is 0 Å². The largest absolute Gasteiger partial charge is 0.296 e. The molecule has 0 spiro atoms. The molecule has 4 nitrogen and oxygen atoms in total. The minimum absolute atomic E-state index is 0.670. The van der Waals surface area contributed by atoms with Crippen molar-refractivity contribution in [3.63, 3.8) is 0 Å². The van der Waals surface area contributed by atoms with Crippen LogP contribution >= 0.6 is 0 Å². The van der Waals surface area contributed by atoms with Crippen molar-refractivity contribution in [1.29, 1.82) is 0 Å². The van der Waals surface area contributed by atoms with Crippen LogP contribution in [0.25, 0.3) is 0 Å². The lowest BCUT2D eigenvalue weighted by atomic mass is 10.1. The Morgan fingerprint density at radius 1 is 1.29 bits per heavy atom. The van der Waals surface area contributed by atoms with Crippen LogP contribution in [0.5, 0.6) is 0 Å². The van der Waals surface area contributed by atoms with Crippen LogP contribution in [0.1, 0.15) is 17.1 Å². The zero-order chi connectivity index (χ0) is 14.7. The number of rotatable bonds is 4. The van der Waals surface area contributed by atoms with Crippen molar-refractivity contribution >= 4 is 10.8 Å². The summed E-state index contributed by atoms with van der Waals surface area (Å²) in [5, 5.41) is 0. The van der Waals surface area contributed by atoms with Crippen molar-refractivity contribution in [3.8, 4) is 0 Å². The maximum Gasteiger partial charge on any atom is 0.125 e. The van der Waals surface area contributed by atoms with Gasteiger partial charge in [-0.15, -0.1) is 0 Å². The fourth-order valence-corrected chi connectivity index (χ4v) is 3.67. The van der Waals surface area contributed by atoms with Crippen LogP contribution in [-0.2, 0) is 23.8 Å². The van der Waals surface area contributed by atoms with Crippen molar-refractivity contribution in [2.24, 2.45) is 0 Å². The maximum absolute atomic E-state index is 12.2. The van der Waals surface area contributed by atoms with E-state index in [4.69, 9.17) is 0 Å². The molecule has 0 aliphatic carbocycles. The molecule has 3 rings (SSSR count). The summed E-state index contributed by atoms with van der Waals surface area (Å²) in [6, 6.07) is 9.68. The first kappa shape index (κ1) is 14.4. The molecule has 1 aliphatic rings. The van der Waals surface area contributed by atoms with Crippen molar-refractivity contribution in [2.45, 2.75) is 24.8 Å². The lowest BCUT2D eigenvalue weighted by Crippen LogP contribution is -2.34. The topological polar surface area (TPSA) is 46.1 Å². The third kappa shape index (κ3) is 3.54. The Hall–Kier alpha value is -1.59. The van der Waals surface area contributed by atoms with Gasteiger partial charge in [-0.25, -0.2) is 9.97 Å². The fraction of sp³-hybridized carbons (Fsp3) is 0.375.